The van der Waals surface area contributed by atoms with Crippen LogP contribution in [0.15, 0.2) is 5.38 Å². The molecule has 1 fully saturated rings. The number of thiazole rings is 1. The van der Waals surface area contributed by atoms with Crippen LogP contribution in [0.3, 0.4) is 0 Å². The average Bonchev–Trinajstić information content (AvgIpc) is 3.02. The van der Waals surface area contributed by atoms with E-state index in [-0.39, 0.29) is 12.0 Å². The summed E-state index contributed by atoms with van der Waals surface area (Å²) in [5, 5.41) is 6.15. The highest BCUT2D eigenvalue weighted by molar-refractivity contribution is 7.09. The number of rotatable bonds is 8. The smallest absolute Gasteiger partial charge is 0.228 e. The molecule has 1 aromatic heterocycles. The number of carbonyl (C=O) groups excluding carboxylic acids is 1. The van der Waals surface area contributed by atoms with Crippen molar-refractivity contribution in [3.63, 3.8) is 0 Å². The summed E-state index contributed by atoms with van der Waals surface area (Å²) in [6, 6.07) is 0. The number of amides is 1. The summed E-state index contributed by atoms with van der Waals surface area (Å²) in [4.78, 5) is 19.0. The normalized spacial score (nSPS) is 17.4. The number of aromatic nitrogens is 1. The maximum atomic E-state index is 12.4. The lowest BCUT2D eigenvalue weighted by Gasteiger charge is -2.32. The van der Waals surface area contributed by atoms with Gasteiger partial charge in [-0.05, 0) is 52.6 Å². The molecule has 1 amide bonds. The van der Waals surface area contributed by atoms with Crippen LogP contribution in [0.1, 0.15) is 49.9 Å². The molecular formula is C17H29N3O2S. The molecule has 1 atom stereocenters. The predicted molar refractivity (Wildman–Crippen MR) is 93.7 cm³/mol. The summed E-state index contributed by atoms with van der Waals surface area (Å²) >= 11 is 1.58. The first-order valence-electron chi connectivity index (χ1n) is 8.62. The minimum atomic E-state index is 0.0109. The number of likely N-dealkylation sites (tertiary alicyclic amines) is 1. The summed E-state index contributed by atoms with van der Waals surface area (Å²) < 4.78 is 5.55. The maximum Gasteiger partial charge on any atom is 0.228 e. The molecule has 1 aromatic rings. The van der Waals surface area contributed by atoms with Gasteiger partial charge in [0.25, 0.3) is 0 Å². The van der Waals surface area contributed by atoms with Crippen LogP contribution in [0.5, 0.6) is 0 Å². The largest absolute Gasteiger partial charge is 0.372 e. The Labute approximate surface area is 143 Å². The van der Waals surface area contributed by atoms with Gasteiger partial charge in [0, 0.05) is 25.1 Å². The molecule has 23 heavy (non-hydrogen) atoms. The molecule has 0 bridgehead atoms. The summed E-state index contributed by atoms with van der Waals surface area (Å²) in [5.74, 6) is 0.961. The Morgan fingerprint density at radius 2 is 2.26 bits per heavy atom. The Kier molecular flexibility index (Phi) is 7.46. The number of hydrogen-bond acceptors (Lipinski definition) is 5. The van der Waals surface area contributed by atoms with Gasteiger partial charge >= 0.3 is 0 Å². The topological polar surface area (TPSA) is 54.5 Å². The van der Waals surface area contributed by atoms with Crippen LogP contribution in [-0.2, 0) is 16.0 Å². The zero-order valence-corrected chi connectivity index (χ0v) is 15.3. The van der Waals surface area contributed by atoms with E-state index in [4.69, 9.17) is 4.74 Å². The standard InChI is InChI=1S/C17H29N3O2S/c1-4-22-13(2)17-19-15(12-23-17)11-16(21)20-9-6-14(7-10-20)5-8-18-3/h12-14,18H,4-11H2,1-3H3. The lowest BCUT2D eigenvalue weighted by Crippen LogP contribution is -2.39. The summed E-state index contributed by atoms with van der Waals surface area (Å²) in [7, 11) is 1.99. The van der Waals surface area contributed by atoms with E-state index in [1.54, 1.807) is 11.3 Å². The highest BCUT2D eigenvalue weighted by Crippen LogP contribution is 2.23. The van der Waals surface area contributed by atoms with E-state index >= 15 is 0 Å². The SMILES string of the molecule is CCOC(C)c1nc(CC(=O)N2CCC(CCNC)CC2)cs1. The van der Waals surface area contributed by atoms with Crippen molar-refractivity contribution >= 4 is 17.2 Å². The van der Waals surface area contributed by atoms with Crippen LogP contribution < -0.4 is 5.32 Å². The van der Waals surface area contributed by atoms with Crippen molar-refractivity contribution in [2.45, 2.75) is 45.6 Å². The van der Waals surface area contributed by atoms with Gasteiger partial charge in [-0.2, -0.15) is 0 Å². The van der Waals surface area contributed by atoms with E-state index in [0.29, 0.717) is 13.0 Å². The molecule has 1 saturated heterocycles. The summed E-state index contributed by atoms with van der Waals surface area (Å²) in [5.41, 5.74) is 0.874. The molecule has 1 aliphatic rings. The average molecular weight is 340 g/mol. The van der Waals surface area contributed by atoms with Crippen LogP contribution in [0.25, 0.3) is 0 Å². The van der Waals surface area contributed by atoms with Crippen LogP contribution in [0.2, 0.25) is 0 Å². The quantitative estimate of drug-likeness (QED) is 0.791. The minimum Gasteiger partial charge on any atom is -0.372 e. The Hall–Kier alpha value is -0.980. The molecule has 130 valence electrons. The third kappa shape index (κ3) is 5.55. The molecule has 0 saturated carbocycles. The second-order valence-corrected chi connectivity index (χ2v) is 7.06. The fourth-order valence-corrected chi connectivity index (χ4v) is 3.82. The second-order valence-electron chi connectivity index (χ2n) is 6.17. The molecule has 0 spiro atoms. The number of nitrogens with zero attached hydrogens (tertiary/aromatic N) is 2. The third-order valence-corrected chi connectivity index (χ3v) is 5.49. The lowest BCUT2D eigenvalue weighted by atomic mass is 9.93. The minimum absolute atomic E-state index is 0.0109. The molecule has 2 rings (SSSR count). The molecule has 5 nitrogen and oxygen atoms in total. The van der Waals surface area contributed by atoms with Crippen LogP contribution in [0.4, 0.5) is 0 Å². The monoisotopic (exact) mass is 339 g/mol. The van der Waals surface area contributed by atoms with Crippen LogP contribution >= 0.6 is 11.3 Å². The molecule has 0 aliphatic carbocycles. The van der Waals surface area contributed by atoms with E-state index in [1.165, 1.54) is 6.42 Å². The Morgan fingerprint density at radius 1 is 1.52 bits per heavy atom. The molecule has 1 N–H and O–H groups in total. The highest BCUT2D eigenvalue weighted by Gasteiger charge is 2.23. The first-order chi connectivity index (χ1) is 11.1. The lowest BCUT2D eigenvalue weighted by molar-refractivity contribution is -0.131. The Morgan fingerprint density at radius 3 is 2.91 bits per heavy atom. The molecule has 0 aromatic carbocycles. The number of carbonyl (C=O) groups is 1. The van der Waals surface area contributed by atoms with Gasteiger partial charge in [-0.1, -0.05) is 0 Å². The Bertz CT molecular complexity index is 484. The summed E-state index contributed by atoms with van der Waals surface area (Å²) in [6.07, 6.45) is 3.88. The first-order valence-corrected chi connectivity index (χ1v) is 9.50. The molecular weight excluding hydrogens is 310 g/mol. The summed E-state index contributed by atoms with van der Waals surface area (Å²) in [6.45, 7) is 7.51. The van der Waals surface area contributed by atoms with E-state index in [2.05, 4.69) is 10.3 Å². The van der Waals surface area contributed by atoms with Crippen molar-refractivity contribution in [2.75, 3.05) is 33.3 Å². The first kappa shape index (κ1) is 18.4. The van der Waals surface area contributed by atoms with Crippen molar-refractivity contribution in [1.29, 1.82) is 0 Å². The number of hydrogen-bond donors (Lipinski definition) is 1. The van der Waals surface area contributed by atoms with E-state index in [1.807, 2.05) is 31.2 Å². The van der Waals surface area contributed by atoms with Gasteiger partial charge in [-0.25, -0.2) is 4.98 Å². The van der Waals surface area contributed by atoms with Gasteiger partial charge in [0.05, 0.1) is 12.1 Å². The van der Waals surface area contributed by atoms with E-state index in [0.717, 1.165) is 49.1 Å². The van der Waals surface area contributed by atoms with Crippen molar-refractivity contribution in [1.82, 2.24) is 15.2 Å². The van der Waals surface area contributed by atoms with Gasteiger partial charge in [0.1, 0.15) is 11.1 Å². The molecule has 1 unspecified atom stereocenters. The van der Waals surface area contributed by atoms with Gasteiger partial charge in [-0.3, -0.25) is 4.79 Å². The van der Waals surface area contributed by atoms with Crippen LogP contribution in [0, 0.1) is 5.92 Å². The number of ether oxygens (including phenoxy) is 1. The van der Waals surface area contributed by atoms with E-state index in [9.17, 15) is 4.79 Å². The fraction of sp³-hybridized carbons (Fsp3) is 0.765. The van der Waals surface area contributed by atoms with E-state index < -0.39 is 0 Å². The van der Waals surface area contributed by atoms with Crippen molar-refractivity contribution in [3.8, 4) is 0 Å². The van der Waals surface area contributed by atoms with Crippen molar-refractivity contribution in [3.05, 3.63) is 16.1 Å². The molecule has 2 heterocycles. The van der Waals surface area contributed by atoms with Gasteiger partial charge < -0.3 is 15.0 Å². The second kappa shape index (κ2) is 9.35. The van der Waals surface area contributed by atoms with Gasteiger partial charge in [0.2, 0.25) is 5.91 Å². The van der Waals surface area contributed by atoms with Crippen LogP contribution in [-0.4, -0.2) is 49.1 Å². The maximum absolute atomic E-state index is 12.4. The van der Waals surface area contributed by atoms with Crippen molar-refractivity contribution in [2.24, 2.45) is 5.92 Å². The zero-order chi connectivity index (χ0) is 16.7. The fourth-order valence-electron chi connectivity index (χ4n) is 3.00. The highest BCUT2D eigenvalue weighted by atomic mass is 32.1. The molecule has 1 aliphatic heterocycles. The third-order valence-electron chi connectivity index (χ3n) is 4.44. The number of piperidine rings is 1. The van der Waals surface area contributed by atoms with Gasteiger partial charge in [0.15, 0.2) is 0 Å². The Balaban J connectivity index is 1.79. The predicted octanol–water partition coefficient (Wildman–Crippen LogP) is 2.63. The van der Waals surface area contributed by atoms with Gasteiger partial charge in [-0.15, -0.1) is 11.3 Å². The molecule has 6 heteroatoms. The number of nitrogens with one attached hydrogen (secondary N) is 1. The molecule has 0 radical (unpaired) electrons. The van der Waals surface area contributed by atoms with Crippen molar-refractivity contribution < 1.29 is 9.53 Å². The zero-order valence-electron chi connectivity index (χ0n) is 14.5.